The van der Waals surface area contributed by atoms with Crippen LogP contribution in [0.5, 0.6) is 0 Å². The van der Waals surface area contributed by atoms with Crippen molar-refractivity contribution in [1.82, 2.24) is 5.32 Å². The maximum absolute atomic E-state index is 11.4. The third-order valence-corrected chi connectivity index (χ3v) is 4.26. The summed E-state index contributed by atoms with van der Waals surface area (Å²) in [5.74, 6) is -0.900. The summed E-state index contributed by atoms with van der Waals surface area (Å²) in [6.07, 6.45) is 2.05. The summed E-state index contributed by atoms with van der Waals surface area (Å²) in [7, 11) is 0. The fourth-order valence-electron chi connectivity index (χ4n) is 3.32. The third kappa shape index (κ3) is 1.74. The van der Waals surface area contributed by atoms with Gasteiger partial charge >= 0.3 is 5.97 Å². The molecule has 0 aromatic heterocycles. The van der Waals surface area contributed by atoms with Gasteiger partial charge < -0.3 is 10.4 Å². The maximum Gasteiger partial charge on any atom is 0.308 e. The Kier molecular flexibility index (Phi) is 2.60. The second-order valence-corrected chi connectivity index (χ2v) is 5.33. The van der Waals surface area contributed by atoms with Crippen molar-refractivity contribution in [3.8, 4) is 0 Å². The van der Waals surface area contributed by atoms with Crippen LogP contribution in [0.4, 0.5) is 0 Å². The Hall–Kier alpha value is -1.06. The number of carboxylic acid groups (broad SMARTS) is 1. The van der Waals surface area contributed by atoms with Crippen LogP contribution in [0.15, 0.2) is 24.3 Å². The second-order valence-electron chi connectivity index (χ2n) is 4.90. The molecule has 0 spiro atoms. The predicted octanol–water partition coefficient (Wildman–Crippen LogP) is 2.26. The van der Waals surface area contributed by atoms with Crippen LogP contribution in [0.1, 0.15) is 24.3 Å². The highest BCUT2D eigenvalue weighted by Gasteiger charge is 2.51. The van der Waals surface area contributed by atoms with Gasteiger partial charge in [-0.2, -0.15) is 0 Å². The Morgan fingerprint density at radius 3 is 2.53 bits per heavy atom. The number of nitrogens with one attached hydrogen (secondary N) is 1. The lowest BCUT2D eigenvalue weighted by Gasteiger charge is -2.26. The first-order valence-electron chi connectivity index (χ1n) is 5.91. The molecule has 4 unspecified atom stereocenters. The molecule has 0 radical (unpaired) electrons. The normalized spacial score (nSPS) is 35.1. The van der Waals surface area contributed by atoms with Crippen LogP contribution in [0.2, 0.25) is 5.02 Å². The quantitative estimate of drug-likeness (QED) is 0.848. The molecular formula is C13H14ClNO2. The van der Waals surface area contributed by atoms with E-state index in [-0.39, 0.29) is 17.9 Å². The molecule has 2 bridgehead atoms. The Labute approximate surface area is 105 Å². The molecule has 2 N–H and O–H groups in total. The molecule has 0 aliphatic carbocycles. The first-order valence-corrected chi connectivity index (χ1v) is 6.29. The molecule has 2 fully saturated rings. The molecule has 0 saturated carbocycles. The molecule has 3 nitrogen and oxygen atoms in total. The lowest BCUT2D eigenvalue weighted by atomic mass is 9.75. The molecule has 90 valence electrons. The average molecular weight is 252 g/mol. The van der Waals surface area contributed by atoms with Gasteiger partial charge in [0.1, 0.15) is 0 Å². The van der Waals surface area contributed by atoms with Crippen LogP contribution in [0.25, 0.3) is 0 Å². The van der Waals surface area contributed by atoms with Crippen molar-refractivity contribution in [2.75, 3.05) is 0 Å². The molecule has 17 heavy (non-hydrogen) atoms. The lowest BCUT2D eigenvalue weighted by Crippen LogP contribution is -2.32. The summed E-state index contributed by atoms with van der Waals surface area (Å²) >= 11 is 5.86. The van der Waals surface area contributed by atoms with Crippen molar-refractivity contribution < 1.29 is 9.90 Å². The van der Waals surface area contributed by atoms with E-state index in [4.69, 9.17) is 11.6 Å². The fourth-order valence-corrected chi connectivity index (χ4v) is 3.44. The van der Waals surface area contributed by atoms with Crippen LogP contribution in [0.3, 0.4) is 0 Å². The van der Waals surface area contributed by atoms with E-state index < -0.39 is 5.97 Å². The number of hydrogen-bond donors (Lipinski definition) is 2. The van der Waals surface area contributed by atoms with Gasteiger partial charge in [0.15, 0.2) is 0 Å². The fraction of sp³-hybridized carbons (Fsp3) is 0.462. The van der Waals surface area contributed by atoms with Gasteiger partial charge in [0.2, 0.25) is 0 Å². The van der Waals surface area contributed by atoms with E-state index in [1.54, 1.807) is 0 Å². The van der Waals surface area contributed by atoms with E-state index in [1.807, 2.05) is 24.3 Å². The molecule has 3 rings (SSSR count). The molecule has 0 amide bonds. The number of halogens is 1. The monoisotopic (exact) mass is 251 g/mol. The minimum atomic E-state index is -0.690. The van der Waals surface area contributed by atoms with Crippen LogP contribution in [0, 0.1) is 5.92 Å². The highest BCUT2D eigenvalue weighted by atomic mass is 35.5. The zero-order valence-electron chi connectivity index (χ0n) is 9.27. The number of rotatable bonds is 2. The topological polar surface area (TPSA) is 49.3 Å². The van der Waals surface area contributed by atoms with Crippen molar-refractivity contribution in [2.45, 2.75) is 30.8 Å². The van der Waals surface area contributed by atoms with Crippen molar-refractivity contribution >= 4 is 17.6 Å². The van der Waals surface area contributed by atoms with E-state index in [2.05, 4.69) is 5.32 Å². The SMILES string of the molecule is O=C(O)C1C2CCC(N2)C1c1ccc(Cl)cc1. The van der Waals surface area contributed by atoms with Crippen LogP contribution in [-0.2, 0) is 4.79 Å². The summed E-state index contributed by atoms with van der Waals surface area (Å²) < 4.78 is 0. The van der Waals surface area contributed by atoms with Gasteiger partial charge in [-0.05, 0) is 30.5 Å². The molecule has 1 aromatic rings. The molecule has 1 aromatic carbocycles. The van der Waals surface area contributed by atoms with Gasteiger partial charge in [-0.15, -0.1) is 0 Å². The smallest absolute Gasteiger partial charge is 0.308 e. The molecule has 2 heterocycles. The summed E-state index contributed by atoms with van der Waals surface area (Å²) in [5, 5.41) is 13.5. The van der Waals surface area contributed by atoms with Crippen LogP contribution < -0.4 is 5.32 Å². The van der Waals surface area contributed by atoms with Crippen molar-refractivity contribution in [3.05, 3.63) is 34.9 Å². The molecule has 4 atom stereocenters. The van der Waals surface area contributed by atoms with Crippen LogP contribution >= 0.6 is 11.6 Å². The van der Waals surface area contributed by atoms with E-state index in [9.17, 15) is 9.90 Å². The molecule has 2 aliphatic rings. The van der Waals surface area contributed by atoms with Crippen molar-refractivity contribution in [1.29, 1.82) is 0 Å². The second kappa shape index (κ2) is 4.00. The summed E-state index contributed by atoms with van der Waals surface area (Å²) in [5.41, 5.74) is 1.08. The van der Waals surface area contributed by atoms with Gasteiger partial charge in [-0.25, -0.2) is 0 Å². The van der Waals surface area contributed by atoms with Gasteiger partial charge in [-0.3, -0.25) is 4.79 Å². The van der Waals surface area contributed by atoms with E-state index in [0.29, 0.717) is 11.1 Å². The Morgan fingerprint density at radius 2 is 1.88 bits per heavy atom. The summed E-state index contributed by atoms with van der Waals surface area (Å²) in [6.45, 7) is 0. The van der Waals surface area contributed by atoms with Crippen molar-refractivity contribution in [3.63, 3.8) is 0 Å². The first kappa shape index (κ1) is 11.1. The molecule has 2 aliphatic heterocycles. The number of carboxylic acids is 1. The maximum atomic E-state index is 11.4. The average Bonchev–Trinajstić information content (AvgIpc) is 2.89. The van der Waals surface area contributed by atoms with E-state index in [1.165, 1.54) is 0 Å². The number of hydrogen-bond acceptors (Lipinski definition) is 2. The molecule has 2 saturated heterocycles. The third-order valence-electron chi connectivity index (χ3n) is 4.01. The highest BCUT2D eigenvalue weighted by molar-refractivity contribution is 6.30. The summed E-state index contributed by atoms with van der Waals surface area (Å²) in [6, 6.07) is 8.01. The first-order chi connectivity index (χ1) is 8.16. The van der Waals surface area contributed by atoms with Crippen LogP contribution in [-0.4, -0.2) is 23.2 Å². The van der Waals surface area contributed by atoms with Gasteiger partial charge in [0.05, 0.1) is 5.92 Å². The zero-order valence-corrected chi connectivity index (χ0v) is 10.0. The summed E-state index contributed by atoms with van der Waals surface area (Å²) in [4.78, 5) is 11.4. The van der Waals surface area contributed by atoms with E-state index in [0.717, 1.165) is 18.4 Å². The largest absolute Gasteiger partial charge is 0.481 e. The molecular weight excluding hydrogens is 238 g/mol. The molecule has 4 heteroatoms. The minimum Gasteiger partial charge on any atom is -0.481 e. The lowest BCUT2D eigenvalue weighted by molar-refractivity contribution is -0.142. The minimum absolute atomic E-state index is 0.0866. The van der Waals surface area contributed by atoms with Crippen molar-refractivity contribution in [2.24, 2.45) is 5.92 Å². The Morgan fingerprint density at radius 1 is 1.24 bits per heavy atom. The number of aliphatic carboxylic acids is 1. The van der Waals surface area contributed by atoms with Gasteiger partial charge in [-0.1, -0.05) is 23.7 Å². The van der Waals surface area contributed by atoms with Gasteiger partial charge in [0, 0.05) is 23.0 Å². The highest BCUT2D eigenvalue weighted by Crippen LogP contribution is 2.44. The zero-order chi connectivity index (χ0) is 12.0. The Bertz CT molecular complexity index is 445. The number of benzene rings is 1. The number of fused-ring (bicyclic) bond motifs is 2. The van der Waals surface area contributed by atoms with Gasteiger partial charge in [0.25, 0.3) is 0 Å². The predicted molar refractivity (Wildman–Crippen MR) is 65.3 cm³/mol. The standard InChI is InChI=1S/C13H14ClNO2/c14-8-3-1-7(2-4-8)11-9-5-6-10(15-9)12(11)13(16)17/h1-4,9-12,15H,5-6H2,(H,16,17). The number of carbonyl (C=O) groups is 1. The van der Waals surface area contributed by atoms with E-state index >= 15 is 0 Å². The Balaban J connectivity index is 1.95.